The van der Waals surface area contributed by atoms with E-state index in [0.29, 0.717) is 12.0 Å². The highest BCUT2D eigenvalue weighted by Crippen LogP contribution is 2.28. The zero-order valence-corrected chi connectivity index (χ0v) is 19.7. The topological polar surface area (TPSA) is 54.9 Å². The van der Waals surface area contributed by atoms with Crippen LogP contribution in [0.1, 0.15) is 51.9 Å². The van der Waals surface area contributed by atoms with Gasteiger partial charge in [0.25, 0.3) is 0 Å². The Balaban J connectivity index is 0.00000338. The molecule has 5 nitrogen and oxygen atoms in total. The molecule has 0 amide bonds. The van der Waals surface area contributed by atoms with E-state index >= 15 is 0 Å². The number of aliphatic imine (C=N–C) groups is 1. The molecule has 0 aromatic rings. The first kappa shape index (κ1) is 24.3. The highest BCUT2D eigenvalue weighted by Gasteiger charge is 2.22. The Kier molecular flexibility index (Phi) is 14.2. The van der Waals surface area contributed by atoms with Gasteiger partial charge in [-0.3, -0.25) is 4.99 Å². The number of nitrogens with one attached hydrogen (secondary N) is 2. The number of ether oxygens (including phenoxy) is 2. The van der Waals surface area contributed by atoms with Crippen molar-refractivity contribution in [3.05, 3.63) is 0 Å². The third-order valence-corrected chi connectivity index (χ3v) is 6.28. The van der Waals surface area contributed by atoms with Gasteiger partial charge in [-0.05, 0) is 50.2 Å². The van der Waals surface area contributed by atoms with Crippen LogP contribution >= 0.6 is 35.7 Å². The van der Waals surface area contributed by atoms with Crippen LogP contribution in [0.4, 0.5) is 0 Å². The zero-order chi connectivity index (χ0) is 17.7. The second-order valence-electron chi connectivity index (χ2n) is 7.07. The van der Waals surface area contributed by atoms with Crippen molar-refractivity contribution >= 4 is 41.7 Å². The number of guanidine groups is 1. The summed E-state index contributed by atoms with van der Waals surface area (Å²) in [6, 6.07) is 0.564. The number of rotatable bonds is 9. The van der Waals surface area contributed by atoms with Crippen LogP contribution in [0.25, 0.3) is 0 Å². The highest BCUT2D eigenvalue weighted by atomic mass is 127. The number of nitrogens with zero attached hydrogens (tertiary/aromatic N) is 1. The van der Waals surface area contributed by atoms with Gasteiger partial charge in [-0.2, -0.15) is 11.8 Å². The van der Waals surface area contributed by atoms with Crippen molar-refractivity contribution in [2.75, 3.05) is 45.8 Å². The molecule has 2 unspecified atom stereocenters. The molecular formula is C19H38IN3O2S. The predicted molar refractivity (Wildman–Crippen MR) is 123 cm³/mol. The monoisotopic (exact) mass is 499 g/mol. The van der Waals surface area contributed by atoms with Gasteiger partial charge in [0.1, 0.15) is 0 Å². The SMILES string of the molecule is CCSC1CCCC(NC(=NC)NCCCOCC2CCOCC2)C1.I. The summed E-state index contributed by atoms with van der Waals surface area (Å²) in [4.78, 5) is 4.38. The van der Waals surface area contributed by atoms with E-state index in [9.17, 15) is 0 Å². The lowest BCUT2D eigenvalue weighted by Gasteiger charge is -2.30. The van der Waals surface area contributed by atoms with Gasteiger partial charge in [-0.25, -0.2) is 0 Å². The van der Waals surface area contributed by atoms with E-state index in [-0.39, 0.29) is 24.0 Å². The molecule has 2 fully saturated rings. The van der Waals surface area contributed by atoms with Crippen molar-refractivity contribution in [1.29, 1.82) is 0 Å². The fraction of sp³-hybridized carbons (Fsp3) is 0.947. The van der Waals surface area contributed by atoms with Crippen LogP contribution < -0.4 is 10.6 Å². The molecule has 0 radical (unpaired) electrons. The maximum absolute atomic E-state index is 5.82. The third-order valence-electron chi connectivity index (χ3n) is 5.05. The lowest BCUT2D eigenvalue weighted by Crippen LogP contribution is -2.46. The van der Waals surface area contributed by atoms with Crippen molar-refractivity contribution in [3.63, 3.8) is 0 Å². The summed E-state index contributed by atoms with van der Waals surface area (Å²) >= 11 is 2.10. The van der Waals surface area contributed by atoms with Crippen LogP contribution in [-0.4, -0.2) is 63.0 Å². The molecule has 0 spiro atoms. The number of hydrogen-bond acceptors (Lipinski definition) is 4. The summed E-state index contributed by atoms with van der Waals surface area (Å²) in [5.41, 5.74) is 0. The largest absolute Gasteiger partial charge is 0.381 e. The Hall–Kier alpha value is 0.270. The molecule has 26 heavy (non-hydrogen) atoms. The van der Waals surface area contributed by atoms with E-state index in [1.165, 1.54) is 31.4 Å². The molecule has 154 valence electrons. The smallest absolute Gasteiger partial charge is 0.191 e. The minimum Gasteiger partial charge on any atom is -0.381 e. The molecule has 7 heteroatoms. The second kappa shape index (κ2) is 15.2. The van der Waals surface area contributed by atoms with Gasteiger partial charge in [-0.1, -0.05) is 13.3 Å². The molecule has 1 heterocycles. The summed E-state index contributed by atoms with van der Waals surface area (Å²) in [5, 5.41) is 7.85. The summed E-state index contributed by atoms with van der Waals surface area (Å²) in [5.74, 6) is 2.85. The first-order valence-corrected chi connectivity index (χ1v) is 11.1. The Morgan fingerprint density at radius 2 is 2.04 bits per heavy atom. The third kappa shape index (κ3) is 9.99. The second-order valence-corrected chi connectivity index (χ2v) is 8.65. The molecule has 0 aromatic heterocycles. The molecule has 1 saturated carbocycles. The van der Waals surface area contributed by atoms with E-state index in [4.69, 9.17) is 9.47 Å². The minimum absolute atomic E-state index is 0. The minimum atomic E-state index is 0. The molecule has 1 aliphatic heterocycles. The molecule has 2 aliphatic rings. The van der Waals surface area contributed by atoms with Gasteiger partial charge in [0.15, 0.2) is 5.96 Å². The summed E-state index contributed by atoms with van der Waals surface area (Å²) in [6.07, 6.45) is 8.52. The van der Waals surface area contributed by atoms with E-state index < -0.39 is 0 Å². The molecule has 2 N–H and O–H groups in total. The van der Waals surface area contributed by atoms with E-state index in [1.54, 1.807) is 0 Å². The van der Waals surface area contributed by atoms with Crippen LogP contribution in [-0.2, 0) is 9.47 Å². The average Bonchev–Trinajstić information content (AvgIpc) is 2.65. The van der Waals surface area contributed by atoms with Gasteiger partial charge in [-0.15, -0.1) is 24.0 Å². The summed E-state index contributed by atoms with van der Waals surface area (Å²) in [6.45, 7) is 6.67. The molecule has 2 rings (SSSR count). The van der Waals surface area contributed by atoms with E-state index in [2.05, 4.69) is 34.3 Å². The Morgan fingerprint density at radius 3 is 2.77 bits per heavy atom. The van der Waals surface area contributed by atoms with E-state index in [0.717, 1.165) is 63.4 Å². The number of thioether (sulfide) groups is 1. The van der Waals surface area contributed by atoms with Crippen molar-refractivity contribution in [2.24, 2.45) is 10.9 Å². The molecule has 0 aromatic carbocycles. The predicted octanol–water partition coefficient (Wildman–Crippen LogP) is 3.67. The summed E-state index contributed by atoms with van der Waals surface area (Å²) < 4.78 is 11.2. The van der Waals surface area contributed by atoms with Crippen molar-refractivity contribution < 1.29 is 9.47 Å². The average molecular weight is 500 g/mol. The first-order valence-electron chi connectivity index (χ1n) is 10.1. The van der Waals surface area contributed by atoms with Crippen molar-refractivity contribution in [3.8, 4) is 0 Å². The van der Waals surface area contributed by atoms with Gasteiger partial charge >= 0.3 is 0 Å². The molecule has 0 bridgehead atoms. The van der Waals surface area contributed by atoms with Crippen LogP contribution in [0.15, 0.2) is 4.99 Å². The maximum atomic E-state index is 5.82. The normalized spacial score (nSPS) is 24.8. The fourth-order valence-corrected chi connectivity index (χ4v) is 4.77. The molecule has 2 atom stereocenters. The Labute approximate surface area is 181 Å². The standard InChI is InChI=1S/C19H37N3O2S.HI/c1-3-25-18-7-4-6-17(14-18)22-19(20-2)21-10-5-11-24-15-16-8-12-23-13-9-16;/h16-18H,3-15H2,1-2H3,(H2,20,21,22);1H. The van der Waals surface area contributed by atoms with Gasteiger partial charge in [0.2, 0.25) is 0 Å². The zero-order valence-electron chi connectivity index (χ0n) is 16.5. The Morgan fingerprint density at radius 1 is 1.23 bits per heavy atom. The Bertz CT molecular complexity index is 380. The lowest BCUT2D eigenvalue weighted by molar-refractivity contribution is 0.0203. The van der Waals surface area contributed by atoms with Gasteiger partial charge in [0.05, 0.1) is 0 Å². The van der Waals surface area contributed by atoms with Crippen LogP contribution in [0, 0.1) is 5.92 Å². The summed E-state index contributed by atoms with van der Waals surface area (Å²) in [7, 11) is 1.86. The van der Waals surface area contributed by atoms with E-state index in [1.807, 2.05) is 7.05 Å². The maximum Gasteiger partial charge on any atom is 0.191 e. The molecule has 1 saturated heterocycles. The molecular weight excluding hydrogens is 461 g/mol. The number of halogens is 1. The highest BCUT2D eigenvalue weighted by molar-refractivity contribution is 14.0. The molecule has 1 aliphatic carbocycles. The lowest BCUT2D eigenvalue weighted by atomic mass is 9.95. The van der Waals surface area contributed by atoms with Crippen molar-refractivity contribution in [1.82, 2.24) is 10.6 Å². The van der Waals surface area contributed by atoms with Crippen LogP contribution in [0.5, 0.6) is 0 Å². The van der Waals surface area contributed by atoms with Gasteiger partial charge in [0, 0.05) is 51.3 Å². The first-order chi connectivity index (χ1) is 12.3. The fourth-order valence-electron chi connectivity index (χ4n) is 3.60. The quantitative estimate of drug-likeness (QED) is 0.220. The van der Waals surface area contributed by atoms with Crippen molar-refractivity contribution in [2.45, 2.75) is 63.2 Å². The van der Waals surface area contributed by atoms with Crippen LogP contribution in [0.2, 0.25) is 0 Å². The van der Waals surface area contributed by atoms with Crippen LogP contribution in [0.3, 0.4) is 0 Å². The number of hydrogen-bond donors (Lipinski definition) is 2. The van der Waals surface area contributed by atoms with Gasteiger partial charge < -0.3 is 20.1 Å².